The Bertz CT molecular complexity index is 1180. The number of likely N-dealkylation sites (N-methyl/N-ethyl adjacent to an activating group) is 1. The van der Waals surface area contributed by atoms with Gasteiger partial charge in [0.25, 0.3) is 0 Å². The molecule has 34 heavy (non-hydrogen) atoms. The number of ether oxygens (including phenoxy) is 1. The molecule has 0 radical (unpaired) electrons. The molecule has 0 heterocycles. The van der Waals surface area contributed by atoms with Gasteiger partial charge < -0.3 is 14.8 Å². The van der Waals surface area contributed by atoms with Crippen LogP contribution >= 0.6 is 0 Å². The molecule has 0 aliphatic carbocycles. The number of hydrogen-bond acceptors (Lipinski definition) is 6. The van der Waals surface area contributed by atoms with Gasteiger partial charge in [-0.2, -0.15) is 8.42 Å². The van der Waals surface area contributed by atoms with Gasteiger partial charge in [0.1, 0.15) is 18.5 Å². The Hall–Kier alpha value is -3.01. The Morgan fingerprint density at radius 3 is 1.94 bits per heavy atom. The molecule has 0 bridgehead atoms. The highest BCUT2D eigenvalue weighted by Gasteiger charge is 2.24. The second kappa shape index (κ2) is 11.9. The summed E-state index contributed by atoms with van der Waals surface area (Å²) in [5, 5.41) is 9.01. The maximum absolute atomic E-state index is 12.0. The molecule has 3 aromatic carbocycles. The molecule has 0 amide bonds. The van der Waals surface area contributed by atoms with Gasteiger partial charge in [0.2, 0.25) is 0 Å². The van der Waals surface area contributed by atoms with Gasteiger partial charge in [-0.05, 0) is 61.0 Å². The Balaban J connectivity index is 2.14. The van der Waals surface area contributed by atoms with Gasteiger partial charge in [0, 0.05) is 6.54 Å². The number of rotatable bonds is 11. The first-order valence-electron chi connectivity index (χ1n) is 10.9. The molecular weight excluding hydrogens is 452 g/mol. The van der Waals surface area contributed by atoms with Crippen LogP contribution in [0.4, 0.5) is 0 Å². The van der Waals surface area contributed by atoms with E-state index >= 15 is 0 Å². The number of nitrogens with zero attached hydrogens (tertiary/aromatic N) is 1. The Morgan fingerprint density at radius 1 is 0.882 bits per heavy atom. The molecule has 1 atom stereocenters. The molecule has 0 fully saturated rings. The molecular formula is C26H30N2O5S. The van der Waals surface area contributed by atoms with E-state index in [4.69, 9.17) is 14.1 Å². The summed E-state index contributed by atoms with van der Waals surface area (Å²) in [5.41, 5.74) is 4.04. The lowest BCUT2D eigenvalue weighted by Crippen LogP contribution is -2.27. The largest absolute Gasteiger partial charge is 0.492 e. The minimum Gasteiger partial charge on any atom is -0.492 e. The molecule has 0 saturated heterocycles. The minimum absolute atomic E-state index is 0.569. The van der Waals surface area contributed by atoms with E-state index in [-0.39, 0.29) is 0 Å². The average molecular weight is 483 g/mol. The van der Waals surface area contributed by atoms with Gasteiger partial charge in [-0.15, -0.1) is 0 Å². The van der Waals surface area contributed by atoms with Crippen molar-refractivity contribution in [1.82, 2.24) is 9.79 Å². The summed E-state index contributed by atoms with van der Waals surface area (Å²) in [6.07, 6.45) is -0.904. The molecule has 3 rings (SSSR count). The predicted octanol–water partition coefficient (Wildman–Crippen LogP) is 4.21. The van der Waals surface area contributed by atoms with Crippen molar-refractivity contribution in [2.75, 3.05) is 27.2 Å². The smallest absolute Gasteiger partial charge is 0.358 e. The van der Waals surface area contributed by atoms with E-state index in [1.807, 2.05) is 104 Å². The zero-order valence-electron chi connectivity index (χ0n) is 19.5. The Kier molecular flexibility index (Phi) is 8.98. The van der Waals surface area contributed by atoms with Gasteiger partial charge in [0.15, 0.2) is 0 Å². The van der Waals surface area contributed by atoms with Crippen molar-refractivity contribution in [3.05, 3.63) is 102 Å². The fourth-order valence-corrected chi connectivity index (χ4v) is 4.13. The Labute approximate surface area is 201 Å². The normalized spacial score (nSPS) is 13.4. The van der Waals surface area contributed by atoms with E-state index in [0.29, 0.717) is 12.2 Å². The zero-order valence-corrected chi connectivity index (χ0v) is 20.3. The summed E-state index contributed by atoms with van der Waals surface area (Å²) >= 11 is 0. The van der Waals surface area contributed by atoms with E-state index in [2.05, 4.69) is 0 Å². The Morgan fingerprint density at radius 2 is 1.41 bits per heavy atom. The lowest BCUT2D eigenvalue weighted by Gasteiger charge is -2.22. The van der Waals surface area contributed by atoms with E-state index in [9.17, 15) is 8.42 Å². The summed E-state index contributed by atoms with van der Waals surface area (Å²) in [6.45, 7) is 3.01. The monoisotopic (exact) mass is 482 g/mol. The van der Waals surface area contributed by atoms with Crippen LogP contribution < -0.4 is 9.62 Å². The molecule has 0 aromatic heterocycles. The van der Waals surface area contributed by atoms with Gasteiger partial charge in [-0.1, -0.05) is 77.7 Å². The molecule has 3 aromatic rings. The maximum atomic E-state index is 12.0. The van der Waals surface area contributed by atoms with Gasteiger partial charge >= 0.3 is 10.3 Å². The van der Waals surface area contributed by atoms with Crippen molar-refractivity contribution < 1.29 is 22.5 Å². The highest BCUT2D eigenvalue weighted by atomic mass is 32.2. The van der Waals surface area contributed by atoms with Crippen LogP contribution in [0.15, 0.2) is 84.9 Å². The van der Waals surface area contributed by atoms with Crippen molar-refractivity contribution >= 4 is 21.5 Å². The van der Waals surface area contributed by atoms with E-state index in [1.165, 1.54) is 4.89 Å². The second-order valence-electron chi connectivity index (χ2n) is 7.98. The highest BCUT2D eigenvalue weighted by Crippen LogP contribution is 2.36. The first kappa shape index (κ1) is 25.6. The van der Waals surface area contributed by atoms with Crippen LogP contribution in [-0.2, 0) is 14.5 Å². The van der Waals surface area contributed by atoms with Crippen LogP contribution in [0.5, 0.6) is 5.75 Å². The molecule has 2 N–H and O–H groups in total. The molecule has 8 heteroatoms. The van der Waals surface area contributed by atoms with Crippen LogP contribution in [0.3, 0.4) is 0 Å². The fourth-order valence-electron chi connectivity index (χ4n) is 3.61. The summed E-state index contributed by atoms with van der Waals surface area (Å²) < 4.78 is 35.1. The van der Waals surface area contributed by atoms with Gasteiger partial charge in [-0.25, -0.2) is 4.18 Å². The topological polar surface area (TPSA) is 88.1 Å². The van der Waals surface area contributed by atoms with Crippen molar-refractivity contribution in [1.29, 1.82) is 0 Å². The third-order valence-corrected chi connectivity index (χ3v) is 5.92. The average Bonchev–Trinajstić information content (AvgIpc) is 2.83. The van der Waals surface area contributed by atoms with E-state index in [0.717, 1.165) is 34.6 Å². The third-order valence-electron chi connectivity index (χ3n) is 5.16. The fraction of sp³-hybridized carbons (Fsp3) is 0.231. The summed E-state index contributed by atoms with van der Waals surface area (Å²) in [4.78, 5) is 3.29. The van der Waals surface area contributed by atoms with E-state index < -0.39 is 16.4 Å². The lowest BCUT2D eigenvalue weighted by atomic mass is 9.87. The highest BCUT2D eigenvalue weighted by molar-refractivity contribution is 7.84. The molecule has 0 aliphatic rings. The molecule has 1 unspecified atom stereocenters. The first-order valence-corrected chi connectivity index (χ1v) is 12.3. The standard InChI is InChI=1S/C26H30N2O5S/c1-20(33-34(30,31)27-29)25(21-10-6-4-7-11-21)26(22-12-8-5-9-13-22)23-14-16-24(17-15-23)32-19-18-28(2)3/h4-17,20,27,29H,18-19H2,1-3H3/b26-25+. The summed E-state index contributed by atoms with van der Waals surface area (Å²) in [5.74, 6) is 0.746. The van der Waals surface area contributed by atoms with Crippen LogP contribution in [0.2, 0.25) is 0 Å². The maximum Gasteiger partial charge on any atom is 0.358 e. The summed E-state index contributed by atoms with van der Waals surface area (Å²) in [7, 11) is -0.366. The molecule has 180 valence electrons. The number of nitrogens with one attached hydrogen (secondary N) is 1. The second-order valence-corrected chi connectivity index (χ2v) is 9.26. The van der Waals surface area contributed by atoms with Crippen molar-refractivity contribution in [2.45, 2.75) is 13.0 Å². The SMILES string of the molecule is CC(OS(=O)(=O)NO)/C(=C(/c1ccccc1)c1ccc(OCCN(C)C)cc1)c1ccccc1. The third kappa shape index (κ3) is 6.99. The van der Waals surface area contributed by atoms with Gasteiger partial charge in [-0.3, -0.25) is 0 Å². The van der Waals surface area contributed by atoms with Gasteiger partial charge in [0.05, 0.1) is 0 Å². The van der Waals surface area contributed by atoms with Crippen molar-refractivity contribution in [3.63, 3.8) is 0 Å². The summed E-state index contributed by atoms with van der Waals surface area (Å²) in [6, 6.07) is 26.8. The molecule has 0 saturated carbocycles. The van der Waals surface area contributed by atoms with Crippen LogP contribution in [0, 0.1) is 0 Å². The minimum atomic E-state index is -4.35. The zero-order chi connectivity index (χ0) is 24.6. The number of benzene rings is 3. The molecule has 0 spiro atoms. The van der Waals surface area contributed by atoms with Crippen molar-refractivity contribution in [2.24, 2.45) is 0 Å². The van der Waals surface area contributed by atoms with Crippen LogP contribution in [0.1, 0.15) is 23.6 Å². The van der Waals surface area contributed by atoms with Crippen molar-refractivity contribution in [3.8, 4) is 5.75 Å². The van der Waals surface area contributed by atoms with Crippen LogP contribution in [-0.4, -0.2) is 51.9 Å². The molecule has 0 aliphatic heterocycles. The predicted molar refractivity (Wildman–Crippen MR) is 134 cm³/mol. The quantitative estimate of drug-likeness (QED) is 0.314. The number of hydrogen-bond donors (Lipinski definition) is 2. The lowest BCUT2D eigenvalue weighted by molar-refractivity contribution is 0.194. The first-order chi connectivity index (χ1) is 16.3. The van der Waals surface area contributed by atoms with E-state index in [1.54, 1.807) is 6.92 Å². The molecule has 7 nitrogen and oxygen atoms in total. The van der Waals surface area contributed by atoms with Crippen LogP contribution in [0.25, 0.3) is 11.1 Å².